The van der Waals surface area contributed by atoms with Crippen molar-refractivity contribution in [2.45, 2.75) is 12.5 Å². The van der Waals surface area contributed by atoms with E-state index in [1.54, 1.807) is 46.9 Å². The van der Waals surface area contributed by atoms with Crippen LogP contribution in [-0.4, -0.2) is 29.8 Å². The zero-order valence-electron chi connectivity index (χ0n) is 14.6. The van der Waals surface area contributed by atoms with E-state index in [-0.39, 0.29) is 11.9 Å². The predicted octanol–water partition coefficient (Wildman–Crippen LogP) is 3.49. The molecule has 0 saturated carbocycles. The van der Waals surface area contributed by atoms with E-state index in [1.165, 1.54) is 15.3 Å². The molecule has 3 N–H and O–H groups in total. The van der Waals surface area contributed by atoms with E-state index in [2.05, 4.69) is 39.2 Å². The lowest BCUT2D eigenvalue weighted by Gasteiger charge is -2.34. The van der Waals surface area contributed by atoms with Crippen molar-refractivity contribution >= 4 is 40.2 Å². The third-order valence-corrected chi connectivity index (χ3v) is 6.60. The Morgan fingerprint density at radius 3 is 2.63 bits per heavy atom. The maximum absolute atomic E-state index is 12.6. The van der Waals surface area contributed by atoms with Crippen LogP contribution in [0.1, 0.15) is 31.7 Å². The van der Waals surface area contributed by atoms with Crippen molar-refractivity contribution in [3.8, 4) is 0 Å². The lowest BCUT2D eigenvalue weighted by atomic mass is 9.98. The normalized spacial score (nSPS) is 16.7. The highest BCUT2D eigenvalue weighted by Gasteiger charge is 2.31. The lowest BCUT2D eigenvalue weighted by molar-refractivity contribution is -0.117. The zero-order chi connectivity index (χ0) is 18.8. The lowest BCUT2D eigenvalue weighted by Crippen LogP contribution is -2.40. The van der Waals surface area contributed by atoms with Crippen LogP contribution >= 0.6 is 22.7 Å². The molecular formula is C20H19N3O2S2. The number of amides is 2. The average molecular weight is 398 g/mol. The summed E-state index contributed by atoms with van der Waals surface area (Å²) in [6.45, 7) is 1.17. The molecule has 2 amide bonds. The first kappa shape index (κ1) is 17.9. The van der Waals surface area contributed by atoms with Gasteiger partial charge in [0.2, 0.25) is 11.8 Å². The molecule has 1 atom stereocenters. The molecule has 0 unspecified atom stereocenters. The summed E-state index contributed by atoms with van der Waals surface area (Å²) < 4.78 is 0. The topological polar surface area (TPSA) is 75.4 Å². The molecule has 3 aromatic rings. The second-order valence-electron chi connectivity index (χ2n) is 6.43. The number of fused-ring (bicyclic) bond motifs is 1. The maximum atomic E-state index is 12.6. The Morgan fingerprint density at radius 2 is 1.93 bits per heavy atom. The molecule has 138 valence electrons. The third-order valence-electron chi connectivity index (χ3n) is 4.68. The number of primary amides is 1. The van der Waals surface area contributed by atoms with Crippen molar-refractivity contribution in [3.63, 3.8) is 0 Å². The van der Waals surface area contributed by atoms with Crippen LogP contribution in [0.15, 0.2) is 53.2 Å². The van der Waals surface area contributed by atoms with Crippen LogP contribution in [0.5, 0.6) is 0 Å². The minimum atomic E-state index is -0.480. The van der Waals surface area contributed by atoms with Crippen molar-refractivity contribution in [2.24, 2.45) is 5.73 Å². The molecule has 3 heterocycles. The third kappa shape index (κ3) is 3.80. The van der Waals surface area contributed by atoms with Gasteiger partial charge in [0, 0.05) is 27.5 Å². The fourth-order valence-electron chi connectivity index (χ4n) is 3.42. The molecule has 4 rings (SSSR count). The van der Waals surface area contributed by atoms with E-state index in [1.807, 2.05) is 0 Å². The highest BCUT2D eigenvalue weighted by Crippen LogP contribution is 2.39. The SMILES string of the molecule is NC(=O)c1ccc(NC(=O)CN2CCc3sccc3[C@@H]2c2cccs2)cc1. The minimum Gasteiger partial charge on any atom is -0.366 e. The number of carbonyl (C=O) groups is 2. The summed E-state index contributed by atoms with van der Waals surface area (Å²) in [7, 11) is 0. The molecule has 2 aromatic heterocycles. The second kappa shape index (κ2) is 7.64. The maximum Gasteiger partial charge on any atom is 0.248 e. The van der Waals surface area contributed by atoms with Gasteiger partial charge in [-0.25, -0.2) is 0 Å². The van der Waals surface area contributed by atoms with Crippen LogP contribution in [-0.2, 0) is 11.2 Å². The summed E-state index contributed by atoms with van der Waals surface area (Å²) in [5, 5.41) is 7.12. The van der Waals surface area contributed by atoms with Gasteiger partial charge in [-0.3, -0.25) is 14.5 Å². The molecule has 0 spiro atoms. The summed E-state index contributed by atoms with van der Waals surface area (Å²) in [5.41, 5.74) is 7.64. The zero-order valence-corrected chi connectivity index (χ0v) is 16.2. The van der Waals surface area contributed by atoms with Gasteiger partial charge in [-0.05, 0) is 59.1 Å². The summed E-state index contributed by atoms with van der Waals surface area (Å²) in [6.07, 6.45) is 0.968. The molecule has 0 radical (unpaired) electrons. The second-order valence-corrected chi connectivity index (χ2v) is 8.41. The monoisotopic (exact) mass is 397 g/mol. The van der Waals surface area contributed by atoms with E-state index >= 15 is 0 Å². The Bertz CT molecular complexity index is 948. The van der Waals surface area contributed by atoms with Crippen LogP contribution in [0.25, 0.3) is 0 Å². The van der Waals surface area contributed by atoms with Crippen LogP contribution < -0.4 is 11.1 Å². The molecule has 5 nitrogen and oxygen atoms in total. The minimum absolute atomic E-state index is 0.0675. The van der Waals surface area contributed by atoms with E-state index < -0.39 is 5.91 Å². The Morgan fingerprint density at radius 1 is 1.11 bits per heavy atom. The van der Waals surface area contributed by atoms with Crippen LogP contribution in [0.3, 0.4) is 0 Å². The number of thiophene rings is 2. The van der Waals surface area contributed by atoms with Gasteiger partial charge in [0.1, 0.15) is 0 Å². The Balaban J connectivity index is 1.49. The van der Waals surface area contributed by atoms with Crippen molar-refractivity contribution < 1.29 is 9.59 Å². The van der Waals surface area contributed by atoms with Gasteiger partial charge in [0.05, 0.1) is 12.6 Å². The van der Waals surface area contributed by atoms with Crippen molar-refractivity contribution in [3.05, 3.63) is 74.1 Å². The van der Waals surface area contributed by atoms with E-state index in [0.29, 0.717) is 17.8 Å². The average Bonchev–Trinajstić information content (AvgIpc) is 3.33. The van der Waals surface area contributed by atoms with Crippen molar-refractivity contribution in [1.82, 2.24) is 4.90 Å². The molecule has 7 heteroatoms. The molecule has 27 heavy (non-hydrogen) atoms. The van der Waals surface area contributed by atoms with Crippen LogP contribution in [0.4, 0.5) is 5.69 Å². The van der Waals surface area contributed by atoms with Gasteiger partial charge in [-0.1, -0.05) is 6.07 Å². The number of hydrogen-bond acceptors (Lipinski definition) is 5. The molecule has 0 aliphatic carbocycles. The Hall–Kier alpha value is -2.48. The summed E-state index contributed by atoms with van der Waals surface area (Å²) in [4.78, 5) is 28.7. The largest absolute Gasteiger partial charge is 0.366 e. The highest BCUT2D eigenvalue weighted by molar-refractivity contribution is 7.10. The standard InChI is InChI=1S/C20H19N3O2S2/c21-20(25)13-3-5-14(6-4-13)22-18(24)12-23-9-7-16-15(8-11-27-16)19(23)17-2-1-10-26-17/h1-6,8,10-11,19H,7,9,12H2,(H2,21,25)(H,22,24)/t19-/m1/s1. The van der Waals surface area contributed by atoms with Gasteiger partial charge in [-0.2, -0.15) is 0 Å². The van der Waals surface area contributed by atoms with Gasteiger partial charge >= 0.3 is 0 Å². The van der Waals surface area contributed by atoms with Crippen LogP contribution in [0, 0.1) is 0 Å². The fraction of sp³-hybridized carbons (Fsp3) is 0.200. The summed E-state index contributed by atoms with van der Waals surface area (Å²) in [5.74, 6) is -0.548. The van der Waals surface area contributed by atoms with E-state index in [9.17, 15) is 9.59 Å². The number of anilines is 1. The van der Waals surface area contributed by atoms with Crippen molar-refractivity contribution in [2.75, 3.05) is 18.4 Å². The first-order valence-electron chi connectivity index (χ1n) is 8.65. The molecule has 1 aliphatic heterocycles. The Labute approximate surface area is 165 Å². The number of hydrogen-bond donors (Lipinski definition) is 2. The molecule has 1 aliphatic rings. The number of carbonyl (C=O) groups excluding carboxylic acids is 2. The summed E-state index contributed by atoms with van der Waals surface area (Å²) in [6, 6.07) is 13.1. The van der Waals surface area contributed by atoms with Gasteiger partial charge in [0.15, 0.2) is 0 Å². The number of nitrogens with one attached hydrogen (secondary N) is 1. The van der Waals surface area contributed by atoms with Crippen molar-refractivity contribution in [1.29, 1.82) is 0 Å². The highest BCUT2D eigenvalue weighted by atomic mass is 32.1. The van der Waals surface area contributed by atoms with Gasteiger partial charge < -0.3 is 11.1 Å². The number of nitrogens with two attached hydrogens (primary N) is 1. The first-order valence-corrected chi connectivity index (χ1v) is 10.4. The van der Waals surface area contributed by atoms with E-state index in [4.69, 9.17) is 5.73 Å². The number of benzene rings is 1. The quantitative estimate of drug-likeness (QED) is 0.692. The van der Waals surface area contributed by atoms with Crippen LogP contribution in [0.2, 0.25) is 0 Å². The summed E-state index contributed by atoms with van der Waals surface area (Å²) >= 11 is 3.52. The van der Waals surface area contributed by atoms with Gasteiger partial charge in [0.25, 0.3) is 0 Å². The molecule has 1 aromatic carbocycles. The molecule has 0 fully saturated rings. The molecule has 0 saturated heterocycles. The smallest absolute Gasteiger partial charge is 0.248 e. The van der Waals surface area contributed by atoms with E-state index in [0.717, 1.165) is 13.0 Å². The number of nitrogens with zero attached hydrogens (tertiary/aromatic N) is 1. The molecule has 0 bridgehead atoms. The Kier molecular flexibility index (Phi) is 5.07. The predicted molar refractivity (Wildman–Crippen MR) is 109 cm³/mol. The number of rotatable bonds is 5. The fourth-order valence-corrected chi connectivity index (χ4v) is 5.20. The molecular weight excluding hydrogens is 378 g/mol. The first-order chi connectivity index (χ1) is 13.1. The van der Waals surface area contributed by atoms with Gasteiger partial charge in [-0.15, -0.1) is 22.7 Å².